The van der Waals surface area contributed by atoms with Crippen molar-refractivity contribution < 1.29 is 9.90 Å². The van der Waals surface area contributed by atoms with Gasteiger partial charge in [-0.1, -0.05) is 23.8 Å². The predicted molar refractivity (Wildman–Crippen MR) is 94.7 cm³/mol. The van der Waals surface area contributed by atoms with Gasteiger partial charge in [0.05, 0.1) is 5.69 Å². The number of nitriles is 1. The van der Waals surface area contributed by atoms with Gasteiger partial charge in [0.1, 0.15) is 17.4 Å². The van der Waals surface area contributed by atoms with Gasteiger partial charge >= 0.3 is 0 Å². The van der Waals surface area contributed by atoms with Crippen molar-refractivity contribution in [2.45, 2.75) is 20.8 Å². The van der Waals surface area contributed by atoms with Gasteiger partial charge in [0, 0.05) is 11.9 Å². The summed E-state index contributed by atoms with van der Waals surface area (Å²) in [6, 6.07) is 12.6. The summed E-state index contributed by atoms with van der Waals surface area (Å²) in [5, 5.41) is 24.5. The fraction of sp³-hybridized carbons (Fsp3) is 0.158. The minimum atomic E-state index is -0.511. The van der Waals surface area contributed by atoms with E-state index in [1.807, 2.05) is 45.0 Å². The molecule has 0 aliphatic rings. The lowest BCUT2D eigenvalue weighted by Crippen LogP contribution is -2.15. The summed E-state index contributed by atoms with van der Waals surface area (Å²) in [6.45, 7) is 5.72. The lowest BCUT2D eigenvalue weighted by atomic mass is 10.1. The molecule has 0 aromatic heterocycles. The Hall–Kier alpha value is -3.26. The van der Waals surface area contributed by atoms with Gasteiger partial charge in [-0.25, -0.2) is 0 Å². The summed E-state index contributed by atoms with van der Waals surface area (Å²) >= 11 is 0. The summed E-state index contributed by atoms with van der Waals surface area (Å²) in [5.74, 6) is -0.457. The molecule has 2 aromatic carbocycles. The van der Waals surface area contributed by atoms with E-state index in [0.29, 0.717) is 11.4 Å². The number of carbonyl (C=O) groups is 1. The van der Waals surface area contributed by atoms with Gasteiger partial charge in [0.25, 0.3) is 5.91 Å². The average molecular weight is 321 g/mol. The van der Waals surface area contributed by atoms with Crippen LogP contribution in [0.15, 0.2) is 48.2 Å². The molecule has 0 heterocycles. The Labute approximate surface area is 141 Å². The number of aryl methyl sites for hydroxylation is 3. The van der Waals surface area contributed by atoms with Gasteiger partial charge in [-0.05, 0) is 50.1 Å². The molecule has 0 radical (unpaired) electrons. The molecule has 24 heavy (non-hydrogen) atoms. The Morgan fingerprint density at radius 1 is 1.08 bits per heavy atom. The van der Waals surface area contributed by atoms with Crippen LogP contribution in [0.25, 0.3) is 0 Å². The molecule has 0 saturated heterocycles. The monoisotopic (exact) mass is 321 g/mol. The van der Waals surface area contributed by atoms with Crippen molar-refractivity contribution >= 4 is 17.3 Å². The molecule has 0 saturated carbocycles. The fourth-order valence-electron chi connectivity index (χ4n) is 2.21. The molecule has 5 nitrogen and oxygen atoms in total. The molecule has 0 fully saturated rings. The molecule has 0 spiro atoms. The molecular weight excluding hydrogens is 302 g/mol. The van der Waals surface area contributed by atoms with Crippen molar-refractivity contribution in [3.63, 3.8) is 0 Å². The van der Waals surface area contributed by atoms with E-state index in [1.165, 1.54) is 6.20 Å². The van der Waals surface area contributed by atoms with Crippen molar-refractivity contribution in [3.8, 4) is 11.8 Å². The molecule has 0 aliphatic heterocycles. The molecule has 0 aliphatic carbocycles. The van der Waals surface area contributed by atoms with Crippen LogP contribution in [0.1, 0.15) is 16.7 Å². The van der Waals surface area contributed by atoms with Gasteiger partial charge in [-0.3, -0.25) is 4.79 Å². The quantitative estimate of drug-likeness (QED) is 0.454. The molecule has 1 amide bonds. The minimum Gasteiger partial charge on any atom is -0.506 e. The van der Waals surface area contributed by atoms with Crippen molar-refractivity contribution in [3.05, 3.63) is 64.9 Å². The Bertz CT molecular complexity index is 848. The summed E-state index contributed by atoms with van der Waals surface area (Å²) < 4.78 is 0. The number of hydrogen-bond acceptors (Lipinski definition) is 4. The third-order valence-electron chi connectivity index (χ3n) is 3.52. The summed E-state index contributed by atoms with van der Waals surface area (Å²) in [5.41, 5.74) is 3.92. The van der Waals surface area contributed by atoms with Crippen LogP contribution in [-0.2, 0) is 4.79 Å². The summed E-state index contributed by atoms with van der Waals surface area (Å²) in [7, 11) is 0. The van der Waals surface area contributed by atoms with Gasteiger partial charge in [0.15, 0.2) is 0 Å². The molecule has 3 N–H and O–H groups in total. The third-order valence-corrected chi connectivity index (χ3v) is 3.52. The number of phenols is 1. The molecule has 0 atom stereocenters. The Morgan fingerprint density at radius 3 is 2.29 bits per heavy atom. The first-order chi connectivity index (χ1) is 11.4. The fourth-order valence-corrected chi connectivity index (χ4v) is 2.21. The maximum absolute atomic E-state index is 12.2. The molecule has 2 aromatic rings. The van der Waals surface area contributed by atoms with Crippen LogP contribution in [0.2, 0.25) is 0 Å². The number of aromatic hydroxyl groups is 1. The number of carbonyl (C=O) groups excluding carboxylic acids is 1. The van der Waals surface area contributed by atoms with Crippen LogP contribution in [0, 0.1) is 32.1 Å². The molecule has 5 heteroatoms. The molecular formula is C19H19N3O2. The van der Waals surface area contributed by atoms with Crippen molar-refractivity contribution in [2.75, 3.05) is 10.6 Å². The van der Waals surface area contributed by atoms with Crippen LogP contribution in [0.5, 0.6) is 5.75 Å². The largest absolute Gasteiger partial charge is 0.506 e. The predicted octanol–water partition coefficient (Wildman–Crippen LogP) is 3.78. The van der Waals surface area contributed by atoms with Gasteiger partial charge in [-0.2, -0.15) is 5.26 Å². The number of nitrogens with zero attached hydrogens (tertiary/aromatic N) is 1. The van der Waals surface area contributed by atoms with Crippen LogP contribution in [0.3, 0.4) is 0 Å². The average Bonchev–Trinajstić information content (AvgIpc) is 2.52. The Morgan fingerprint density at radius 2 is 1.71 bits per heavy atom. The van der Waals surface area contributed by atoms with E-state index in [2.05, 4.69) is 10.6 Å². The Kier molecular flexibility index (Phi) is 5.23. The van der Waals surface area contributed by atoms with E-state index in [9.17, 15) is 15.2 Å². The number of phenolic OH excluding ortho intramolecular Hbond substituents is 1. The minimum absolute atomic E-state index is 0.0540. The highest BCUT2D eigenvalue weighted by molar-refractivity contribution is 6.07. The second-order valence-corrected chi connectivity index (χ2v) is 5.61. The van der Waals surface area contributed by atoms with E-state index >= 15 is 0 Å². The molecule has 2 rings (SSSR count). The zero-order chi connectivity index (χ0) is 17.7. The van der Waals surface area contributed by atoms with Gasteiger partial charge in [0.2, 0.25) is 0 Å². The number of rotatable bonds is 4. The zero-order valence-electron chi connectivity index (χ0n) is 13.8. The van der Waals surface area contributed by atoms with E-state index in [0.717, 1.165) is 16.7 Å². The lowest BCUT2D eigenvalue weighted by molar-refractivity contribution is -0.112. The van der Waals surface area contributed by atoms with Crippen molar-refractivity contribution in [2.24, 2.45) is 0 Å². The highest BCUT2D eigenvalue weighted by Crippen LogP contribution is 2.24. The van der Waals surface area contributed by atoms with Gasteiger partial charge in [-0.15, -0.1) is 0 Å². The second-order valence-electron chi connectivity index (χ2n) is 5.61. The normalized spacial score (nSPS) is 10.8. The van der Waals surface area contributed by atoms with Crippen LogP contribution < -0.4 is 10.6 Å². The molecule has 122 valence electrons. The third kappa shape index (κ3) is 4.14. The van der Waals surface area contributed by atoms with Crippen molar-refractivity contribution in [1.82, 2.24) is 0 Å². The standard InChI is InChI=1S/C19H19N3O2/c1-12-4-6-16(14(3)8-12)22-19(24)15(10-20)11-21-17-7-5-13(2)9-18(17)23/h4-9,11,21,23H,1-3H3,(H,22,24)/b15-11-. The summed E-state index contributed by atoms with van der Waals surface area (Å²) in [4.78, 5) is 12.2. The molecule has 0 unspecified atom stereocenters. The van der Waals surface area contributed by atoms with Crippen LogP contribution >= 0.6 is 0 Å². The first-order valence-electron chi connectivity index (χ1n) is 7.45. The lowest BCUT2D eigenvalue weighted by Gasteiger charge is -2.09. The van der Waals surface area contributed by atoms with Crippen LogP contribution in [0.4, 0.5) is 11.4 Å². The zero-order valence-corrected chi connectivity index (χ0v) is 13.8. The van der Waals surface area contributed by atoms with E-state index in [-0.39, 0.29) is 11.3 Å². The van der Waals surface area contributed by atoms with E-state index in [4.69, 9.17) is 0 Å². The van der Waals surface area contributed by atoms with E-state index in [1.54, 1.807) is 18.2 Å². The topological polar surface area (TPSA) is 85.2 Å². The van der Waals surface area contributed by atoms with Crippen LogP contribution in [-0.4, -0.2) is 11.0 Å². The highest BCUT2D eigenvalue weighted by Gasteiger charge is 2.11. The number of anilines is 2. The summed E-state index contributed by atoms with van der Waals surface area (Å²) in [6.07, 6.45) is 1.28. The SMILES string of the molecule is Cc1ccc(NC(=O)/C(C#N)=C\Nc2ccc(C)cc2O)c(C)c1. The number of hydrogen-bond donors (Lipinski definition) is 3. The number of amides is 1. The van der Waals surface area contributed by atoms with Crippen molar-refractivity contribution in [1.29, 1.82) is 5.26 Å². The first kappa shape index (κ1) is 17.1. The number of benzene rings is 2. The maximum atomic E-state index is 12.2. The maximum Gasteiger partial charge on any atom is 0.267 e. The smallest absolute Gasteiger partial charge is 0.267 e. The number of nitrogens with one attached hydrogen (secondary N) is 2. The first-order valence-corrected chi connectivity index (χ1v) is 7.45. The second kappa shape index (κ2) is 7.34. The Balaban J connectivity index is 2.15. The van der Waals surface area contributed by atoms with E-state index < -0.39 is 5.91 Å². The highest BCUT2D eigenvalue weighted by atomic mass is 16.3. The van der Waals surface area contributed by atoms with Gasteiger partial charge < -0.3 is 15.7 Å². The molecule has 0 bridgehead atoms.